The maximum absolute atomic E-state index is 12.2. The van der Waals surface area contributed by atoms with E-state index in [1.54, 1.807) is 18.2 Å². The van der Waals surface area contributed by atoms with Crippen LogP contribution in [-0.2, 0) is 40.5 Å². The van der Waals surface area contributed by atoms with Crippen LogP contribution in [0.25, 0.3) is 22.1 Å². The maximum Gasteiger partial charge on any atom is 0.323 e. The van der Waals surface area contributed by atoms with Crippen LogP contribution < -0.4 is 16.2 Å². The van der Waals surface area contributed by atoms with Gasteiger partial charge in [-0.3, -0.25) is 9.59 Å². The second-order valence-electron chi connectivity index (χ2n) is 9.52. The third kappa shape index (κ3) is 6.40. The number of para-hydroxylation sites is 1. The highest BCUT2D eigenvalue weighted by molar-refractivity contribution is 5.93. The zero-order valence-corrected chi connectivity index (χ0v) is 21.5. The Morgan fingerprint density at radius 1 is 0.974 bits per heavy atom. The normalized spacial score (nSPS) is 12.0. The van der Waals surface area contributed by atoms with Crippen molar-refractivity contribution in [3.05, 3.63) is 89.2 Å². The lowest BCUT2D eigenvalue weighted by molar-refractivity contribution is -0.148. The first kappa shape index (κ1) is 26.9. The van der Waals surface area contributed by atoms with Gasteiger partial charge in [0, 0.05) is 23.1 Å². The number of furan rings is 1. The second-order valence-corrected chi connectivity index (χ2v) is 9.52. The molecule has 0 bridgehead atoms. The average molecular weight is 517 g/mol. The summed E-state index contributed by atoms with van der Waals surface area (Å²) in [6, 6.07) is 20.0. The molecule has 8 heteroatoms. The number of carboxylic acids is 1. The SMILES string of the molecule is CC(C)[C@H](N)C(=O)OCc1cc2cc(COc3ccccc3CC(=O)O)cc(-c3cccc(CN)c3)c2o1. The number of hydrogen-bond acceptors (Lipinski definition) is 7. The Morgan fingerprint density at radius 2 is 1.76 bits per heavy atom. The molecule has 4 rings (SSSR count). The number of aliphatic carboxylic acids is 1. The highest BCUT2D eigenvalue weighted by Crippen LogP contribution is 2.34. The molecular formula is C30H32N2O6. The fourth-order valence-electron chi connectivity index (χ4n) is 4.13. The minimum absolute atomic E-state index is 0.0371. The predicted molar refractivity (Wildman–Crippen MR) is 144 cm³/mol. The molecule has 5 N–H and O–H groups in total. The lowest BCUT2D eigenvalue weighted by atomic mass is 9.99. The van der Waals surface area contributed by atoms with E-state index in [0.29, 0.717) is 29.2 Å². The molecule has 1 heterocycles. The van der Waals surface area contributed by atoms with Crippen LogP contribution in [0.15, 0.2) is 71.1 Å². The summed E-state index contributed by atoms with van der Waals surface area (Å²) >= 11 is 0. The standard InChI is InChI=1S/C30H32N2O6/c1-18(2)28(32)30(35)37-17-24-13-23-11-20(16-36-26-9-4-3-7-22(26)14-27(33)34)12-25(29(23)38-24)21-8-5-6-19(10-21)15-31/h3-13,18,28H,14-17,31-32H2,1-2H3,(H,33,34)/t28-/m0/s1. The highest BCUT2D eigenvalue weighted by Gasteiger charge is 2.20. The molecule has 1 aromatic heterocycles. The van der Waals surface area contributed by atoms with Crippen LogP contribution in [0.3, 0.4) is 0 Å². The van der Waals surface area contributed by atoms with Crippen LogP contribution in [0, 0.1) is 5.92 Å². The summed E-state index contributed by atoms with van der Waals surface area (Å²) < 4.78 is 17.6. The number of fused-ring (bicyclic) bond motifs is 1. The molecule has 0 saturated carbocycles. The summed E-state index contributed by atoms with van der Waals surface area (Å²) in [5.74, 6) is -0.438. The first-order chi connectivity index (χ1) is 18.2. The summed E-state index contributed by atoms with van der Waals surface area (Å²) in [7, 11) is 0. The Labute approximate surface area is 221 Å². The molecule has 0 saturated heterocycles. The molecule has 0 aliphatic carbocycles. The van der Waals surface area contributed by atoms with Crippen molar-refractivity contribution < 1.29 is 28.6 Å². The van der Waals surface area contributed by atoms with Gasteiger partial charge in [-0.2, -0.15) is 0 Å². The van der Waals surface area contributed by atoms with E-state index < -0.39 is 18.0 Å². The Balaban J connectivity index is 1.67. The van der Waals surface area contributed by atoms with Crippen LogP contribution in [-0.4, -0.2) is 23.1 Å². The van der Waals surface area contributed by atoms with Gasteiger partial charge in [0.2, 0.25) is 0 Å². The molecule has 8 nitrogen and oxygen atoms in total. The van der Waals surface area contributed by atoms with Gasteiger partial charge >= 0.3 is 11.9 Å². The van der Waals surface area contributed by atoms with E-state index in [-0.39, 0.29) is 25.6 Å². The van der Waals surface area contributed by atoms with Crippen LogP contribution >= 0.6 is 0 Å². The van der Waals surface area contributed by atoms with Crippen molar-refractivity contribution in [1.29, 1.82) is 0 Å². The van der Waals surface area contributed by atoms with Gasteiger partial charge in [-0.25, -0.2) is 0 Å². The predicted octanol–water partition coefficient (Wildman–Crippen LogP) is 4.79. The zero-order chi connectivity index (χ0) is 27.2. The Morgan fingerprint density at radius 3 is 2.50 bits per heavy atom. The lowest BCUT2D eigenvalue weighted by Gasteiger charge is -2.13. The number of esters is 1. The van der Waals surface area contributed by atoms with Gasteiger partial charge in [0.25, 0.3) is 0 Å². The number of nitrogens with two attached hydrogens (primary N) is 2. The van der Waals surface area contributed by atoms with Crippen LogP contribution in [0.5, 0.6) is 5.75 Å². The van der Waals surface area contributed by atoms with Crippen LogP contribution in [0.1, 0.15) is 36.3 Å². The molecule has 0 unspecified atom stereocenters. The molecule has 1 atom stereocenters. The molecule has 0 radical (unpaired) electrons. The van der Waals surface area contributed by atoms with E-state index in [2.05, 4.69) is 0 Å². The van der Waals surface area contributed by atoms with Crippen molar-refractivity contribution in [2.75, 3.05) is 0 Å². The van der Waals surface area contributed by atoms with E-state index in [0.717, 1.165) is 27.6 Å². The highest BCUT2D eigenvalue weighted by atomic mass is 16.5. The summed E-state index contributed by atoms with van der Waals surface area (Å²) in [5.41, 5.74) is 16.6. The number of rotatable bonds is 11. The Bertz CT molecular complexity index is 1440. The van der Waals surface area contributed by atoms with Gasteiger partial charge in [0.05, 0.1) is 6.42 Å². The first-order valence-electron chi connectivity index (χ1n) is 12.4. The van der Waals surface area contributed by atoms with E-state index in [1.165, 1.54) is 0 Å². The third-order valence-corrected chi connectivity index (χ3v) is 6.26. The molecule has 3 aromatic carbocycles. The van der Waals surface area contributed by atoms with E-state index in [9.17, 15) is 14.7 Å². The summed E-state index contributed by atoms with van der Waals surface area (Å²) in [6.45, 7) is 4.30. The largest absolute Gasteiger partial charge is 0.489 e. The summed E-state index contributed by atoms with van der Waals surface area (Å²) in [5, 5.41) is 10.0. The molecule has 4 aromatic rings. The molecule has 198 valence electrons. The van der Waals surface area contributed by atoms with E-state index >= 15 is 0 Å². The first-order valence-corrected chi connectivity index (χ1v) is 12.4. The smallest absolute Gasteiger partial charge is 0.323 e. The fourth-order valence-corrected chi connectivity index (χ4v) is 4.13. The van der Waals surface area contributed by atoms with Crippen molar-refractivity contribution in [2.45, 2.75) is 46.1 Å². The van der Waals surface area contributed by atoms with Crippen molar-refractivity contribution in [3.63, 3.8) is 0 Å². The van der Waals surface area contributed by atoms with E-state index in [1.807, 2.05) is 62.4 Å². The third-order valence-electron chi connectivity index (χ3n) is 6.26. The maximum atomic E-state index is 12.2. The van der Waals surface area contributed by atoms with Gasteiger partial charge in [0.15, 0.2) is 0 Å². The number of ether oxygens (including phenoxy) is 2. The zero-order valence-electron chi connectivity index (χ0n) is 21.5. The van der Waals surface area contributed by atoms with Gasteiger partial charge < -0.3 is 30.5 Å². The summed E-state index contributed by atoms with van der Waals surface area (Å²) in [6.07, 6.45) is -0.128. The van der Waals surface area contributed by atoms with Gasteiger partial charge in [0.1, 0.15) is 36.3 Å². The number of carbonyl (C=O) groups excluding carboxylic acids is 1. The molecule has 38 heavy (non-hydrogen) atoms. The van der Waals surface area contributed by atoms with Crippen molar-refractivity contribution in [2.24, 2.45) is 17.4 Å². The summed E-state index contributed by atoms with van der Waals surface area (Å²) in [4.78, 5) is 23.5. The monoisotopic (exact) mass is 516 g/mol. The quantitative estimate of drug-likeness (QED) is 0.242. The number of carboxylic acid groups (broad SMARTS) is 1. The van der Waals surface area contributed by atoms with Crippen LogP contribution in [0.4, 0.5) is 0 Å². The van der Waals surface area contributed by atoms with Gasteiger partial charge in [-0.05, 0) is 52.9 Å². The van der Waals surface area contributed by atoms with E-state index in [4.69, 9.17) is 25.4 Å². The number of hydrogen-bond donors (Lipinski definition) is 3. The molecule has 0 spiro atoms. The average Bonchev–Trinajstić information content (AvgIpc) is 3.33. The number of carbonyl (C=O) groups is 2. The second kappa shape index (κ2) is 11.9. The minimum Gasteiger partial charge on any atom is -0.489 e. The number of benzene rings is 3. The molecule has 0 fully saturated rings. The molecular weight excluding hydrogens is 484 g/mol. The molecule has 0 aliphatic rings. The molecule has 0 amide bonds. The minimum atomic E-state index is -0.925. The van der Waals surface area contributed by atoms with Crippen molar-refractivity contribution >= 4 is 22.9 Å². The van der Waals surface area contributed by atoms with Gasteiger partial charge in [-0.1, -0.05) is 50.2 Å². The topological polar surface area (TPSA) is 138 Å². The molecule has 0 aliphatic heterocycles. The van der Waals surface area contributed by atoms with Crippen LogP contribution in [0.2, 0.25) is 0 Å². The van der Waals surface area contributed by atoms with Gasteiger partial charge in [-0.15, -0.1) is 0 Å². The Hall–Kier alpha value is -4.14. The lowest BCUT2D eigenvalue weighted by Crippen LogP contribution is -2.36. The Kier molecular flexibility index (Phi) is 8.45. The van der Waals surface area contributed by atoms with Crippen molar-refractivity contribution in [3.8, 4) is 16.9 Å². The van der Waals surface area contributed by atoms with Crippen molar-refractivity contribution in [1.82, 2.24) is 0 Å². The fraction of sp³-hybridized carbons (Fsp3) is 0.267.